The first-order valence-electron chi connectivity index (χ1n) is 9.83. The van der Waals surface area contributed by atoms with Crippen LogP contribution in [0.4, 0.5) is 0 Å². The highest BCUT2D eigenvalue weighted by atomic mass is 16.1. The van der Waals surface area contributed by atoms with Crippen molar-refractivity contribution < 1.29 is 7.65 Å². The molecule has 0 spiro atoms. The van der Waals surface area contributed by atoms with Crippen LogP contribution in [-0.4, -0.2) is 5.78 Å². The Kier molecular flexibility index (Phi) is 7.79. The van der Waals surface area contributed by atoms with Crippen molar-refractivity contribution in [2.45, 2.75) is 53.9 Å². The predicted octanol–water partition coefficient (Wildman–Crippen LogP) is 7.20. The zero-order valence-corrected chi connectivity index (χ0v) is 17.4. The molecule has 0 atom stereocenters. The lowest BCUT2D eigenvalue weighted by atomic mass is 10.0. The second-order valence-electron chi connectivity index (χ2n) is 7.90. The Morgan fingerprint density at radius 1 is 0.926 bits per heavy atom. The molecule has 0 bridgehead atoms. The number of hydrogen-bond acceptors (Lipinski definition) is 1. The van der Waals surface area contributed by atoms with Crippen LogP contribution in [0.3, 0.4) is 0 Å². The molecule has 0 radical (unpaired) electrons. The highest BCUT2D eigenvalue weighted by Gasteiger charge is 2.13. The number of Topliss-reactive ketones (excluding diaryl/α,β-unsaturated/α-hetero) is 1. The van der Waals surface area contributed by atoms with Crippen molar-refractivity contribution >= 4 is 5.78 Å². The summed E-state index contributed by atoms with van der Waals surface area (Å²) in [5, 5.41) is 0. The Labute approximate surface area is 167 Å². The molecular formula is C26H36O. The van der Waals surface area contributed by atoms with Gasteiger partial charge in [-0.15, -0.1) is 0 Å². The minimum Gasteiger partial charge on any atom is -0.299 e. The monoisotopic (exact) mass is 364 g/mol. The standard InChI is InChI=1S/C18H22O.C8H10.2H2/c1-13(2)17-8-7-16(10-17)12-18(19)11-15-6-4-5-14(3)9-15;1-7-3-5-8(2)6-4-7;;/h4-6,8-10,13H,7,11-12H2,1-3H3;3-6H,1-2H3;2*1H. The second-order valence-corrected chi connectivity index (χ2v) is 7.90. The third-order valence-electron chi connectivity index (χ3n) is 4.76. The maximum Gasteiger partial charge on any atom is 0.141 e. The molecule has 146 valence electrons. The summed E-state index contributed by atoms with van der Waals surface area (Å²) in [5.74, 6) is 0.875. The normalized spacial score (nSPS) is 13.0. The lowest BCUT2D eigenvalue weighted by molar-refractivity contribution is -0.117. The molecule has 0 heterocycles. The van der Waals surface area contributed by atoms with Crippen LogP contribution in [0.5, 0.6) is 0 Å². The largest absolute Gasteiger partial charge is 0.299 e. The predicted molar refractivity (Wildman–Crippen MR) is 120 cm³/mol. The quantitative estimate of drug-likeness (QED) is 0.548. The lowest BCUT2D eigenvalue weighted by Gasteiger charge is -2.04. The number of ketones is 1. The molecule has 0 amide bonds. The fourth-order valence-electron chi connectivity index (χ4n) is 3.13. The molecule has 0 saturated carbocycles. The molecule has 0 aliphatic heterocycles. The first kappa shape index (κ1) is 20.9. The minimum absolute atomic E-state index is 0. The summed E-state index contributed by atoms with van der Waals surface area (Å²) in [6.45, 7) is 10.6. The van der Waals surface area contributed by atoms with Gasteiger partial charge in [-0.1, -0.05) is 96.8 Å². The van der Waals surface area contributed by atoms with E-state index in [4.69, 9.17) is 0 Å². The fourth-order valence-corrected chi connectivity index (χ4v) is 3.13. The Hall–Kier alpha value is -2.41. The number of carbonyl (C=O) groups is 1. The average molecular weight is 365 g/mol. The van der Waals surface area contributed by atoms with E-state index in [1.165, 1.54) is 27.8 Å². The third-order valence-corrected chi connectivity index (χ3v) is 4.76. The van der Waals surface area contributed by atoms with E-state index in [-0.39, 0.29) is 2.85 Å². The van der Waals surface area contributed by atoms with Crippen molar-refractivity contribution in [1.29, 1.82) is 0 Å². The van der Waals surface area contributed by atoms with E-state index < -0.39 is 0 Å². The van der Waals surface area contributed by atoms with E-state index in [0.717, 1.165) is 12.0 Å². The van der Waals surface area contributed by atoms with Crippen LogP contribution in [0, 0.1) is 26.7 Å². The molecular weight excluding hydrogens is 328 g/mol. The molecule has 1 aliphatic rings. The molecule has 1 heteroatoms. The highest BCUT2D eigenvalue weighted by molar-refractivity contribution is 5.83. The van der Waals surface area contributed by atoms with Gasteiger partial charge in [-0.3, -0.25) is 4.79 Å². The Morgan fingerprint density at radius 2 is 1.56 bits per heavy atom. The van der Waals surface area contributed by atoms with Gasteiger partial charge in [-0.25, -0.2) is 0 Å². The second kappa shape index (κ2) is 10.1. The van der Waals surface area contributed by atoms with Gasteiger partial charge in [0, 0.05) is 15.7 Å². The molecule has 0 saturated heterocycles. The third kappa shape index (κ3) is 7.38. The first-order valence-corrected chi connectivity index (χ1v) is 9.83. The van der Waals surface area contributed by atoms with Crippen LogP contribution in [0.15, 0.2) is 71.8 Å². The van der Waals surface area contributed by atoms with Crippen LogP contribution < -0.4 is 0 Å². The number of hydrogen-bond donors (Lipinski definition) is 0. The van der Waals surface area contributed by atoms with Gasteiger partial charge in [-0.2, -0.15) is 0 Å². The van der Waals surface area contributed by atoms with Gasteiger partial charge >= 0.3 is 0 Å². The van der Waals surface area contributed by atoms with E-state index in [1.807, 2.05) is 12.1 Å². The summed E-state index contributed by atoms with van der Waals surface area (Å²) >= 11 is 0. The number of benzene rings is 2. The summed E-state index contributed by atoms with van der Waals surface area (Å²) in [6, 6.07) is 16.7. The molecule has 27 heavy (non-hydrogen) atoms. The van der Waals surface area contributed by atoms with Gasteiger partial charge in [-0.05, 0) is 44.2 Å². The summed E-state index contributed by atoms with van der Waals surface area (Å²) in [5.41, 5.74) is 7.64. The van der Waals surface area contributed by atoms with Gasteiger partial charge in [0.15, 0.2) is 0 Å². The molecule has 0 unspecified atom stereocenters. The molecule has 1 aliphatic carbocycles. The number of carbonyl (C=O) groups excluding carboxylic acids is 1. The van der Waals surface area contributed by atoms with Crippen molar-refractivity contribution in [3.05, 3.63) is 94.1 Å². The van der Waals surface area contributed by atoms with Gasteiger partial charge in [0.1, 0.15) is 5.78 Å². The number of rotatable bonds is 5. The van der Waals surface area contributed by atoms with Gasteiger partial charge in [0.25, 0.3) is 0 Å². The van der Waals surface area contributed by atoms with E-state index >= 15 is 0 Å². The molecule has 0 fully saturated rings. The smallest absolute Gasteiger partial charge is 0.141 e. The topological polar surface area (TPSA) is 17.1 Å². The summed E-state index contributed by atoms with van der Waals surface area (Å²) in [4.78, 5) is 12.1. The van der Waals surface area contributed by atoms with E-state index in [2.05, 4.69) is 83.2 Å². The molecule has 0 aromatic heterocycles. The van der Waals surface area contributed by atoms with Crippen molar-refractivity contribution in [3.8, 4) is 0 Å². The van der Waals surface area contributed by atoms with Gasteiger partial charge in [0.05, 0.1) is 0 Å². The zero-order valence-electron chi connectivity index (χ0n) is 17.4. The van der Waals surface area contributed by atoms with Crippen LogP contribution >= 0.6 is 0 Å². The molecule has 2 aromatic rings. The van der Waals surface area contributed by atoms with Crippen LogP contribution in [0.1, 0.15) is 51.8 Å². The van der Waals surface area contributed by atoms with Crippen molar-refractivity contribution in [3.63, 3.8) is 0 Å². The molecule has 1 nitrogen and oxygen atoms in total. The average Bonchev–Trinajstić information content (AvgIpc) is 3.07. The van der Waals surface area contributed by atoms with E-state index in [9.17, 15) is 4.79 Å². The summed E-state index contributed by atoms with van der Waals surface area (Å²) in [7, 11) is 0. The van der Waals surface area contributed by atoms with Crippen LogP contribution in [0.2, 0.25) is 0 Å². The first-order chi connectivity index (χ1) is 12.8. The van der Waals surface area contributed by atoms with E-state index in [0.29, 0.717) is 24.5 Å². The minimum atomic E-state index is 0. The SMILES string of the molecule is Cc1ccc(C)cc1.Cc1cccc(CC(=O)CC2=CC(C(C)C)=CC2)c1.[HH].[HH]. The van der Waals surface area contributed by atoms with Gasteiger partial charge < -0.3 is 0 Å². The Bertz CT molecular complexity index is 809. The van der Waals surface area contributed by atoms with Gasteiger partial charge in [0.2, 0.25) is 0 Å². The number of allylic oxidation sites excluding steroid dienone is 4. The zero-order chi connectivity index (χ0) is 19.8. The Morgan fingerprint density at radius 3 is 2.07 bits per heavy atom. The van der Waals surface area contributed by atoms with Crippen molar-refractivity contribution in [2.24, 2.45) is 5.92 Å². The van der Waals surface area contributed by atoms with Crippen molar-refractivity contribution in [2.75, 3.05) is 0 Å². The van der Waals surface area contributed by atoms with Crippen LogP contribution in [-0.2, 0) is 11.2 Å². The maximum absolute atomic E-state index is 12.1. The number of aryl methyl sites for hydroxylation is 3. The highest BCUT2D eigenvalue weighted by Crippen LogP contribution is 2.25. The van der Waals surface area contributed by atoms with E-state index in [1.54, 1.807) is 0 Å². The Balaban J connectivity index is 0.000000667. The molecule has 2 aromatic carbocycles. The summed E-state index contributed by atoms with van der Waals surface area (Å²) in [6.07, 6.45) is 6.56. The fraction of sp³-hybridized carbons (Fsp3) is 0.346. The maximum atomic E-state index is 12.1. The molecule has 3 rings (SSSR count). The van der Waals surface area contributed by atoms with Crippen LogP contribution in [0.25, 0.3) is 0 Å². The van der Waals surface area contributed by atoms with Crippen molar-refractivity contribution in [1.82, 2.24) is 0 Å². The lowest BCUT2D eigenvalue weighted by Crippen LogP contribution is -2.03. The summed E-state index contributed by atoms with van der Waals surface area (Å²) < 4.78 is 0. The molecule has 0 N–H and O–H groups in total.